The van der Waals surface area contributed by atoms with Crippen LogP contribution in [0, 0.1) is 0 Å². The Balaban J connectivity index is 2.71. The third-order valence-electron chi connectivity index (χ3n) is 0.964. The summed E-state index contributed by atoms with van der Waals surface area (Å²) >= 11 is 0. The lowest BCUT2D eigenvalue weighted by Crippen LogP contribution is -2.19. The van der Waals surface area contributed by atoms with Crippen molar-refractivity contribution in [3.05, 3.63) is 12.4 Å². The molecule has 12 heavy (non-hydrogen) atoms. The molecule has 0 N–H and O–H groups in total. The van der Waals surface area contributed by atoms with Crippen LogP contribution in [-0.4, -0.2) is 24.2 Å². The van der Waals surface area contributed by atoms with Crippen LogP contribution in [0.4, 0.5) is 13.2 Å². The molecule has 0 unspecified atom stereocenters. The number of hydrogen-bond donors (Lipinski definition) is 0. The Labute approximate surface area is 67.0 Å². The molecule has 0 aromatic carbocycles. The first-order valence-electron chi connectivity index (χ1n) is 3.02. The molecule has 0 atom stereocenters. The predicted molar refractivity (Wildman–Crippen MR) is 36.9 cm³/mol. The minimum atomic E-state index is -4.73. The van der Waals surface area contributed by atoms with E-state index in [4.69, 9.17) is 0 Å². The van der Waals surface area contributed by atoms with Gasteiger partial charge in [0.05, 0.1) is 0 Å². The predicted octanol–water partition coefficient (Wildman–Crippen LogP) is -0.366. The summed E-state index contributed by atoms with van der Waals surface area (Å²) in [6.07, 6.45) is -2.24. The van der Waals surface area contributed by atoms with Crippen molar-refractivity contribution in [3.63, 3.8) is 0 Å². The van der Waals surface area contributed by atoms with Gasteiger partial charge in [0.1, 0.15) is 7.85 Å². The quantitative estimate of drug-likeness (QED) is 0.547. The topological polar surface area (TPSA) is 35.0 Å². The van der Waals surface area contributed by atoms with E-state index in [0.29, 0.717) is 5.46 Å². The highest BCUT2D eigenvalue weighted by Gasteiger charge is 2.32. The molecule has 1 heterocycles. The van der Waals surface area contributed by atoms with Gasteiger partial charge in [-0.05, 0) is 0 Å². The second-order valence-electron chi connectivity index (χ2n) is 2.09. The molecule has 1 aromatic rings. The Morgan fingerprint density at radius 3 is 2.17 bits per heavy atom. The van der Waals surface area contributed by atoms with E-state index in [9.17, 15) is 13.2 Å². The minimum Gasteiger partial charge on any atom is -0.371 e. The fraction of sp³-hybridized carbons (Fsp3) is 0.200. The van der Waals surface area contributed by atoms with Gasteiger partial charge in [0.25, 0.3) is 0 Å². The average Bonchev–Trinajstić information content (AvgIpc) is 1.91. The number of halogens is 3. The average molecular weight is 176 g/mol. The molecule has 64 valence electrons. The van der Waals surface area contributed by atoms with Crippen molar-refractivity contribution in [2.45, 2.75) is 6.36 Å². The van der Waals surface area contributed by atoms with Gasteiger partial charge in [-0.2, -0.15) is 0 Å². The summed E-state index contributed by atoms with van der Waals surface area (Å²) in [7, 11) is 1.66. The molecule has 0 radical (unpaired) electrons. The highest BCUT2D eigenvalue weighted by atomic mass is 19.4. The van der Waals surface area contributed by atoms with Crippen LogP contribution in [0.5, 0.6) is 6.01 Å². The second-order valence-corrected chi connectivity index (χ2v) is 2.09. The molecular weight excluding hydrogens is 172 g/mol. The second kappa shape index (κ2) is 3.00. The summed E-state index contributed by atoms with van der Waals surface area (Å²) in [5.74, 6) is 0. The molecule has 0 saturated carbocycles. The van der Waals surface area contributed by atoms with Crippen LogP contribution in [0.2, 0.25) is 0 Å². The smallest absolute Gasteiger partial charge is 0.371 e. The minimum absolute atomic E-state index is 0.671. The van der Waals surface area contributed by atoms with Crippen LogP contribution in [0.3, 0.4) is 0 Å². The van der Waals surface area contributed by atoms with E-state index in [1.54, 1.807) is 7.85 Å². The van der Waals surface area contributed by atoms with Crippen molar-refractivity contribution < 1.29 is 17.9 Å². The van der Waals surface area contributed by atoms with Crippen LogP contribution in [-0.2, 0) is 0 Å². The summed E-state index contributed by atoms with van der Waals surface area (Å²) in [4.78, 5) is 6.62. The van der Waals surface area contributed by atoms with E-state index in [1.165, 1.54) is 12.4 Å². The Morgan fingerprint density at radius 1 is 1.25 bits per heavy atom. The van der Waals surface area contributed by atoms with Gasteiger partial charge in [0.2, 0.25) is 0 Å². The Morgan fingerprint density at radius 2 is 1.75 bits per heavy atom. The fourth-order valence-corrected chi connectivity index (χ4v) is 0.537. The first-order valence-corrected chi connectivity index (χ1v) is 3.02. The highest BCUT2D eigenvalue weighted by Crippen LogP contribution is 2.17. The SMILES string of the molecule is Bc1cnc(OC(F)(F)F)nc1. The Hall–Kier alpha value is -1.27. The largest absolute Gasteiger partial charge is 0.575 e. The standard InChI is InChI=1S/C5H4BF3N2O/c6-3-1-10-4(11-2-3)12-5(7,8)9/h1-2H,6H2. The summed E-state index contributed by atoms with van der Waals surface area (Å²) in [6, 6.07) is -0.687. The van der Waals surface area contributed by atoms with Gasteiger partial charge < -0.3 is 4.74 Å². The molecular formula is C5H4BF3N2O. The molecule has 3 nitrogen and oxygen atoms in total. The first-order chi connectivity index (χ1) is 5.47. The molecule has 0 aliphatic rings. The van der Waals surface area contributed by atoms with Gasteiger partial charge in [-0.3, -0.25) is 0 Å². The number of alkyl halides is 3. The van der Waals surface area contributed by atoms with Crippen LogP contribution >= 0.6 is 0 Å². The van der Waals surface area contributed by atoms with Gasteiger partial charge in [-0.15, -0.1) is 13.2 Å². The Bertz CT molecular complexity index is 260. The van der Waals surface area contributed by atoms with Gasteiger partial charge >= 0.3 is 12.4 Å². The lowest BCUT2D eigenvalue weighted by Gasteiger charge is -2.05. The van der Waals surface area contributed by atoms with Crippen LogP contribution < -0.4 is 10.2 Å². The monoisotopic (exact) mass is 176 g/mol. The molecule has 0 amide bonds. The van der Waals surface area contributed by atoms with Crippen molar-refractivity contribution in [3.8, 4) is 6.01 Å². The first kappa shape index (κ1) is 8.83. The van der Waals surface area contributed by atoms with Gasteiger partial charge in [0, 0.05) is 12.4 Å². The third kappa shape index (κ3) is 2.77. The number of aromatic nitrogens is 2. The van der Waals surface area contributed by atoms with Crippen molar-refractivity contribution in [1.82, 2.24) is 9.97 Å². The zero-order valence-corrected chi connectivity index (χ0v) is 6.09. The molecule has 0 saturated heterocycles. The maximum atomic E-state index is 11.5. The van der Waals surface area contributed by atoms with Crippen molar-refractivity contribution in [1.29, 1.82) is 0 Å². The molecule has 1 aromatic heterocycles. The third-order valence-corrected chi connectivity index (χ3v) is 0.964. The number of nitrogens with zero attached hydrogens (tertiary/aromatic N) is 2. The van der Waals surface area contributed by atoms with Gasteiger partial charge in [0.15, 0.2) is 0 Å². The van der Waals surface area contributed by atoms with Crippen LogP contribution in [0.1, 0.15) is 0 Å². The normalized spacial score (nSPS) is 11.2. The summed E-state index contributed by atoms with van der Waals surface area (Å²) in [5, 5.41) is 0. The van der Waals surface area contributed by atoms with E-state index in [1.807, 2.05) is 0 Å². The lowest BCUT2D eigenvalue weighted by molar-refractivity contribution is -0.277. The number of ether oxygens (including phenoxy) is 1. The molecule has 0 bridgehead atoms. The van der Waals surface area contributed by atoms with E-state index in [2.05, 4.69) is 14.7 Å². The van der Waals surface area contributed by atoms with Crippen molar-refractivity contribution in [2.75, 3.05) is 0 Å². The molecule has 0 aliphatic carbocycles. The van der Waals surface area contributed by atoms with E-state index in [-0.39, 0.29) is 0 Å². The maximum Gasteiger partial charge on any atom is 0.575 e. The molecule has 1 rings (SSSR count). The number of hydrogen-bond acceptors (Lipinski definition) is 3. The van der Waals surface area contributed by atoms with Crippen LogP contribution in [0.25, 0.3) is 0 Å². The summed E-state index contributed by atoms with van der Waals surface area (Å²) < 4.78 is 38.1. The van der Waals surface area contributed by atoms with E-state index < -0.39 is 12.4 Å². The Kier molecular flexibility index (Phi) is 2.21. The zero-order valence-electron chi connectivity index (χ0n) is 6.09. The zero-order chi connectivity index (χ0) is 9.19. The molecule has 0 fully saturated rings. The van der Waals surface area contributed by atoms with Crippen molar-refractivity contribution >= 4 is 13.3 Å². The molecule has 0 aliphatic heterocycles. The van der Waals surface area contributed by atoms with Gasteiger partial charge in [-0.25, -0.2) is 9.97 Å². The molecule has 7 heteroatoms. The van der Waals surface area contributed by atoms with E-state index >= 15 is 0 Å². The highest BCUT2D eigenvalue weighted by molar-refractivity contribution is 6.31. The van der Waals surface area contributed by atoms with E-state index in [0.717, 1.165) is 0 Å². The summed E-state index contributed by atoms with van der Waals surface area (Å²) in [6.45, 7) is 0. The summed E-state index contributed by atoms with van der Waals surface area (Å²) in [5.41, 5.74) is 0.671. The number of rotatable bonds is 1. The molecule has 0 spiro atoms. The van der Waals surface area contributed by atoms with Gasteiger partial charge in [-0.1, -0.05) is 5.46 Å². The lowest BCUT2D eigenvalue weighted by atomic mass is 10.0. The van der Waals surface area contributed by atoms with Crippen LogP contribution in [0.15, 0.2) is 12.4 Å². The fourth-order valence-electron chi connectivity index (χ4n) is 0.537. The van der Waals surface area contributed by atoms with Crippen molar-refractivity contribution in [2.24, 2.45) is 0 Å². The maximum absolute atomic E-state index is 11.5.